The number of carbonyl (C=O) groups is 2. The van der Waals surface area contributed by atoms with Crippen LogP contribution in [0.4, 0.5) is 10.5 Å². The Morgan fingerprint density at radius 2 is 1.77 bits per heavy atom. The average Bonchev–Trinajstić information content (AvgIpc) is 2.59. The maximum atomic E-state index is 12.3. The minimum Gasteiger partial charge on any atom is -0.352 e. The zero-order chi connectivity index (χ0) is 19.2. The maximum absolute atomic E-state index is 12.3. The third kappa shape index (κ3) is 5.06. The Balaban J connectivity index is 2.14. The summed E-state index contributed by atoms with van der Waals surface area (Å²) < 4.78 is 26.5. The van der Waals surface area contributed by atoms with Gasteiger partial charge >= 0.3 is 6.03 Å². The lowest BCUT2D eigenvalue weighted by Gasteiger charge is -2.12. The summed E-state index contributed by atoms with van der Waals surface area (Å²) >= 11 is 0. The zero-order valence-electron chi connectivity index (χ0n) is 14.6. The molecule has 0 bridgehead atoms. The second kappa shape index (κ2) is 8.48. The Morgan fingerprint density at radius 3 is 2.46 bits per heavy atom. The predicted molar refractivity (Wildman–Crippen MR) is 99.6 cm³/mol. The van der Waals surface area contributed by atoms with E-state index < -0.39 is 16.1 Å². The van der Waals surface area contributed by atoms with E-state index in [1.165, 1.54) is 18.2 Å². The van der Waals surface area contributed by atoms with E-state index in [2.05, 4.69) is 10.6 Å². The van der Waals surface area contributed by atoms with Crippen molar-refractivity contribution in [1.82, 2.24) is 10.0 Å². The van der Waals surface area contributed by atoms with Gasteiger partial charge in [-0.2, -0.15) is 0 Å². The number of rotatable bonds is 6. The molecule has 2 rings (SSSR count). The summed E-state index contributed by atoms with van der Waals surface area (Å²) in [5.41, 5.74) is 1.23. The van der Waals surface area contributed by atoms with E-state index in [0.717, 1.165) is 12.0 Å². The Labute approximate surface area is 152 Å². The Bertz CT molecular complexity index is 910. The predicted octanol–water partition coefficient (Wildman–Crippen LogP) is 2.65. The fourth-order valence-electron chi connectivity index (χ4n) is 2.24. The van der Waals surface area contributed by atoms with Gasteiger partial charge in [0.25, 0.3) is 15.9 Å². The van der Waals surface area contributed by atoms with E-state index in [0.29, 0.717) is 6.54 Å². The van der Waals surface area contributed by atoms with Crippen LogP contribution in [0.3, 0.4) is 0 Å². The van der Waals surface area contributed by atoms with Crippen LogP contribution >= 0.6 is 0 Å². The standard InChI is InChI=1S/C18H21N3O4S/c1-3-11-19-17(22)15-9-4-5-10-16(15)20-18(23)21-26(24,25)14-8-6-7-13(2)12-14/h4-10,12H,3,11H2,1-2H3,(H,19,22)(H2,20,21,23). The quantitative estimate of drug-likeness (QED) is 0.722. The molecule has 0 saturated carbocycles. The number of sulfonamides is 1. The van der Waals surface area contributed by atoms with Crippen molar-refractivity contribution in [2.45, 2.75) is 25.2 Å². The van der Waals surface area contributed by atoms with Crippen LogP contribution < -0.4 is 15.4 Å². The SMILES string of the molecule is CCCNC(=O)c1ccccc1NC(=O)NS(=O)(=O)c1cccc(C)c1. The Morgan fingerprint density at radius 1 is 1.04 bits per heavy atom. The van der Waals surface area contributed by atoms with Crippen molar-refractivity contribution < 1.29 is 18.0 Å². The third-order valence-electron chi connectivity index (χ3n) is 3.48. The second-order valence-corrected chi connectivity index (χ2v) is 7.36. The van der Waals surface area contributed by atoms with Gasteiger partial charge in [0.2, 0.25) is 0 Å². The van der Waals surface area contributed by atoms with Crippen LogP contribution in [0.2, 0.25) is 0 Å². The Kier molecular flexibility index (Phi) is 6.35. The molecule has 0 atom stereocenters. The summed E-state index contributed by atoms with van der Waals surface area (Å²) in [5.74, 6) is -0.343. The highest BCUT2D eigenvalue weighted by atomic mass is 32.2. The van der Waals surface area contributed by atoms with Crippen LogP contribution in [0, 0.1) is 6.92 Å². The molecule has 0 unspecified atom stereocenters. The zero-order valence-corrected chi connectivity index (χ0v) is 15.4. The molecule has 26 heavy (non-hydrogen) atoms. The van der Waals surface area contributed by atoms with Gasteiger partial charge in [-0.3, -0.25) is 4.79 Å². The third-order valence-corrected chi connectivity index (χ3v) is 4.81. The second-order valence-electron chi connectivity index (χ2n) is 5.68. The van der Waals surface area contributed by atoms with Crippen LogP contribution in [0.25, 0.3) is 0 Å². The van der Waals surface area contributed by atoms with E-state index in [1.54, 1.807) is 37.3 Å². The number of amides is 3. The number of aryl methyl sites for hydroxylation is 1. The first-order valence-electron chi connectivity index (χ1n) is 8.11. The summed E-state index contributed by atoms with van der Waals surface area (Å²) in [5, 5.41) is 5.13. The van der Waals surface area contributed by atoms with Crippen LogP contribution in [0.1, 0.15) is 29.3 Å². The summed E-state index contributed by atoms with van der Waals surface area (Å²) in [6, 6.07) is 11.6. The molecule has 8 heteroatoms. The summed E-state index contributed by atoms with van der Waals surface area (Å²) in [4.78, 5) is 24.3. The van der Waals surface area contributed by atoms with Gasteiger partial charge in [-0.15, -0.1) is 0 Å². The number of benzene rings is 2. The van der Waals surface area contributed by atoms with E-state index in [1.807, 2.05) is 11.6 Å². The number of hydrogen-bond acceptors (Lipinski definition) is 4. The van der Waals surface area contributed by atoms with Gasteiger partial charge in [-0.25, -0.2) is 17.9 Å². The van der Waals surface area contributed by atoms with Crippen LogP contribution in [0.15, 0.2) is 53.4 Å². The van der Waals surface area contributed by atoms with Crippen LogP contribution in [-0.4, -0.2) is 26.9 Å². The molecule has 0 aromatic heterocycles. The van der Waals surface area contributed by atoms with Crippen molar-refractivity contribution in [2.24, 2.45) is 0 Å². The number of nitrogens with one attached hydrogen (secondary N) is 3. The van der Waals surface area contributed by atoms with E-state index >= 15 is 0 Å². The van der Waals surface area contributed by atoms with Crippen molar-refractivity contribution in [1.29, 1.82) is 0 Å². The maximum Gasteiger partial charge on any atom is 0.333 e. The molecule has 0 aliphatic carbocycles. The van der Waals surface area contributed by atoms with Crippen LogP contribution in [0.5, 0.6) is 0 Å². The number of para-hydroxylation sites is 1. The molecule has 0 saturated heterocycles. The number of carbonyl (C=O) groups excluding carboxylic acids is 2. The summed E-state index contributed by atoms with van der Waals surface area (Å²) in [6.07, 6.45) is 0.774. The van der Waals surface area contributed by atoms with Gasteiger partial charge < -0.3 is 10.6 Å². The lowest BCUT2D eigenvalue weighted by molar-refractivity contribution is 0.0954. The molecule has 0 fully saturated rings. The lowest BCUT2D eigenvalue weighted by Crippen LogP contribution is -2.35. The minimum absolute atomic E-state index is 0.0124. The van der Waals surface area contributed by atoms with Gasteiger partial charge in [-0.1, -0.05) is 31.2 Å². The molecule has 0 radical (unpaired) electrons. The summed E-state index contributed by atoms with van der Waals surface area (Å²) in [6.45, 7) is 4.18. The topological polar surface area (TPSA) is 104 Å². The first-order chi connectivity index (χ1) is 12.3. The van der Waals surface area contributed by atoms with E-state index in [9.17, 15) is 18.0 Å². The molecule has 7 nitrogen and oxygen atoms in total. The van der Waals surface area contributed by atoms with Gasteiger partial charge in [-0.05, 0) is 43.2 Å². The number of urea groups is 1. The van der Waals surface area contributed by atoms with E-state index in [-0.39, 0.29) is 22.1 Å². The minimum atomic E-state index is -4.01. The fraction of sp³-hybridized carbons (Fsp3) is 0.222. The molecule has 2 aromatic carbocycles. The number of anilines is 1. The molecule has 138 valence electrons. The molecule has 2 aromatic rings. The molecular formula is C18H21N3O4S. The van der Waals surface area contributed by atoms with Gasteiger partial charge in [0.15, 0.2) is 0 Å². The molecule has 0 heterocycles. The van der Waals surface area contributed by atoms with Crippen molar-refractivity contribution >= 4 is 27.6 Å². The van der Waals surface area contributed by atoms with Crippen molar-refractivity contribution in [3.8, 4) is 0 Å². The molecule has 0 aliphatic rings. The monoisotopic (exact) mass is 375 g/mol. The molecule has 0 spiro atoms. The summed E-state index contributed by atoms with van der Waals surface area (Å²) in [7, 11) is -4.01. The van der Waals surface area contributed by atoms with Crippen LogP contribution in [-0.2, 0) is 10.0 Å². The molecule has 3 amide bonds. The van der Waals surface area contributed by atoms with Crippen molar-refractivity contribution in [3.63, 3.8) is 0 Å². The lowest BCUT2D eigenvalue weighted by atomic mass is 10.1. The van der Waals surface area contributed by atoms with E-state index in [4.69, 9.17) is 0 Å². The van der Waals surface area contributed by atoms with Gasteiger partial charge in [0.1, 0.15) is 0 Å². The van der Waals surface area contributed by atoms with Crippen molar-refractivity contribution in [3.05, 3.63) is 59.7 Å². The number of hydrogen-bond donors (Lipinski definition) is 3. The highest BCUT2D eigenvalue weighted by Crippen LogP contribution is 2.16. The average molecular weight is 375 g/mol. The van der Waals surface area contributed by atoms with Crippen molar-refractivity contribution in [2.75, 3.05) is 11.9 Å². The molecule has 0 aliphatic heterocycles. The highest BCUT2D eigenvalue weighted by molar-refractivity contribution is 7.90. The highest BCUT2D eigenvalue weighted by Gasteiger charge is 2.19. The fourth-order valence-corrected chi connectivity index (χ4v) is 3.25. The van der Waals surface area contributed by atoms with Gasteiger partial charge in [0, 0.05) is 6.54 Å². The largest absolute Gasteiger partial charge is 0.352 e. The first-order valence-corrected chi connectivity index (χ1v) is 9.59. The Hall–Kier alpha value is -2.87. The molecular weight excluding hydrogens is 354 g/mol. The first kappa shape index (κ1) is 19.5. The normalized spacial score (nSPS) is 10.8. The molecule has 3 N–H and O–H groups in total. The van der Waals surface area contributed by atoms with Gasteiger partial charge in [0.05, 0.1) is 16.1 Å². The smallest absolute Gasteiger partial charge is 0.333 e.